The van der Waals surface area contributed by atoms with E-state index in [9.17, 15) is 5.11 Å². The Morgan fingerprint density at radius 2 is 1.97 bits per heavy atom. The lowest BCUT2D eigenvalue weighted by molar-refractivity contribution is 0.0428. The average molecular weight is 517 g/mol. The van der Waals surface area contributed by atoms with Crippen molar-refractivity contribution in [2.75, 3.05) is 33.4 Å². The number of rotatable bonds is 10. The number of furan rings is 1. The molecular formula is C21H32IN3O4. The van der Waals surface area contributed by atoms with E-state index in [1.165, 1.54) is 0 Å². The molecule has 2 rings (SSSR count). The van der Waals surface area contributed by atoms with E-state index in [0.717, 1.165) is 30.2 Å². The summed E-state index contributed by atoms with van der Waals surface area (Å²) in [5.74, 6) is 3.48. The Morgan fingerprint density at radius 3 is 2.62 bits per heavy atom. The molecule has 162 valence electrons. The number of benzene rings is 1. The Morgan fingerprint density at radius 1 is 1.21 bits per heavy atom. The molecular weight excluding hydrogens is 485 g/mol. The second-order valence-electron chi connectivity index (χ2n) is 6.69. The molecule has 0 saturated carbocycles. The molecule has 1 aromatic carbocycles. The number of nitrogens with one attached hydrogen (secondary N) is 2. The Hall–Kier alpha value is -1.94. The zero-order valence-electron chi connectivity index (χ0n) is 17.5. The highest BCUT2D eigenvalue weighted by Crippen LogP contribution is 2.23. The molecule has 2 aromatic rings. The van der Waals surface area contributed by atoms with Crippen LogP contribution in [0.15, 0.2) is 45.8 Å². The van der Waals surface area contributed by atoms with E-state index in [0.29, 0.717) is 24.9 Å². The van der Waals surface area contributed by atoms with Gasteiger partial charge in [-0.2, -0.15) is 0 Å². The molecule has 0 bridgehead atoms. The first kappa shape index (κ1) is 25.1. The van der Waals surface area contributed by atoms with E-state index >= 15 is 0 Å². The minimum absolute atomic E-state index is 0. The summed E-state index contributed by atoms with van der Waals surface area (Å²) >= 11 is 0. The molecule has 1 heterocycles. The van der Waals surface area contributed by atoms with E-state index in [1.54, 1.807) is 20.1 Å². The second kappa shape index (κ2) is 12.6. The summed E-state index contributed by atoms with van der Waals surface area (Å²) in [5, 5.41) is 17.0. The van der Waals surface area contributed by atoms with Gasteiger partial charge in [0.25, 0.3) is 0 Å². The number of hydrogen-bond donors (Lipinski definition) is 3. The van der Waals surface area contributed by atoms with Gasteiger partial charge in [0.05, 0.1) is 20.3 Å². The number of aliphatic imine (C=N–C) groups is 1. The molecule has 0 radical (unpaired) electrons. The highest BCUT2D eigenvalue weighted by atomic mass is 127. The van der Waals surface area contributed by atoms with Crippen molar-refractivity contribution in [1.29, 1.82) is 0 Å². The number of hydrogen-bond acceptors (Lipinski definition) is 5. The van der Waals surface area contributed by atoms with Gasteiger partial charge < -0.3 is 29.6 Å². The number of guanidine groups is 1. The van der Waals surface area contributed by atoms with Gasteiger partial charge in [-0.25, -0.2) is 4.99 Å². The van der Waals surface area contributed by atoms with Crippen LogP contribution in [-0.4, -0.2) is 44.4 Å². The fraction of sp³-hybridized carbons (Fsp3) is 0.476. The molecule has 1 unspecified atom stereocenters. The third kappa shape index (κ3) is 8.53. The maximum Gasteiger partial charge on any atom is 0.191 e. The largest absolute Gasteiger partial charge is 0.497 e. The zero-order valence-corrected chi connectivity index (χ0v) is 19.9. The van der Waals surface area contributed by atoms with Crippen molar-refractivity contribution in [1.82, 2.24) is 10.6 Å². The summed E-state index contributed by atoms with van der Waals surface area (Å²) in [6.45, 7) is 7.73. The van der Waals surface area contributed by atoms with Crippen LogP contribution in [0.5, 0.6) is 11.5 Å². The van der Waals surface area contributed by atoms with Crippen molar-refractivity contribution in [3.05, 3.63) is 47.9 Å². The molecule has 0 aliphatic rings. The third-order valence-electron chi connectivity index (χ3n) is 4.08. The molecule has 7 nitrogen and oxygen atoms in total. The van der Waals surface area contributed by atoms with Crippen molar-refractivity contribution < 1.29 is 19.0 Å². The third-order valence-corrected chi connectivity index (χ3v) is 4.08. The first-order chi connectivity index (χ1) is 13.4. The minimum Gasteiger partial charge on any atom is -0.497 e. The maximum absolute atomic E-state index is 10.6. The van der Waals surface area contributed by atoms with Crippen LogP contribution in [-0.2, 0) is 5.60 Å². The normalized spacial score (nSPS) is 13.2. The van der Waals surface area contributed by atoms with Gasteiger partial charge in [-0.05, 0) is 51.5 Å². The fourth-order valence-electron chi connectivity index (χ4n) is 2.54. The smallest absolute Gasteiger partial charge is 0.191 e. The van der Waals surface area contributed by atoms with Crippen LogP contribution in [0.25, 0.3) is 0 Å². The average Bonchev–Trinajstić information content (AvgIpc) is 3.13. The highest BCUT2D eigenvalue weighted by molar-refractivity contribution is 14.0. The van der Waals surface area contributed by atoms with Gasteiger partial charge in [0.15, 0.2) is 5.96 Å². The minimum atomic E-state index is -1.16. The maximum atomic E-state index is 10.6. The molecule has 3 N–H and O–H groups in total. The lowest BCUT2D eigenvalue weighted by Crippen LogP contribution is -2.39. The Balaban J connectivity index is 0.00000420. The molecule has 0 aliphatic heterocycles. The monoisotopic (exact) mass is 517 g/mol. The molecule has 1 aromatic heterocycles. The van der Waals surface area contributed by atoms with Crippen LogP contribution in [0.3, 0.4) is 0 Å². The number of aliphatic hydroxyl groups is 1. The van der Waals surface area contributed by atoms with Crippen LogP contribution in [0.1, 0.15) is 31.8 Å². The summed E-state index contributed by atoms with van der Waals surface area (Å²) < 4.78 is 16.4. The van der Waals surface area contributed by atoms with Gasteiger partial charge in [-0.3, -0.25) is 0 Å². The van der Waals surface area contributed by atoms with Gasteiger partial charge in [0.1, 0.15) is 28.6 Å². The number of halogens is 1. The molecule has 0 saturated heterocycles. The van der Waals surface area contributed by atoms with E-state index in [2.05, 4.69) is 15.6 Å². The van der Waals surface area contributed by atoms with E-state index < -0.39 is 5.60 Å². The second-order valence-corrected chi connectivity index (χ2v) is 6.69. The van der Waals surface area contributed by atoms with Gasteiger partial charge in [0.2, 0.25) is 0 Å². The standard InChI is InChI=1S/C21H31N3O4.HI/c1-5-22-20(24-15-21(3,25)19-11-10-16(2)28-19)23-12-7-13-27-18-9-6-8-17(14-18)26-4;/h6,8-11,14,25H,5,7,12-13,15H2,1-4H3,(H2,22,23,24);1H. The Kier molecular flexibility index (Phi) is 10.9. The molecule has 0 spiro atoms. The highest BCUT2D eigenvalue weighted by Gasteiger charge is 2.26. The lowest BCUT2D eigenvalue weighted by atomic mass is 10.0. The molecule has 0 fully saturated rings. The lowest BCUT2D eigenvalue weighted by Gasteiger charge is -2.19. The van der Waals surface area contributed by atoms with Crippen molar-refractivity contribution in [3.63, 3.8) is 0 Å². The summed E-state index contributed by atoms with van der Waals surface area (Å²) in [6, 6.07) is 11.2. The van der Waals surface area contributed by atoms with Crippen molar-refractivity contribution in [2.24, 2.45) is 4.99 Å². The van der Waals surface area contributed by atoms with E-state index in [4.69, 9.17) is 13.9 Å². The molecule has 1 atom stereocenters. The van der Waals surface area contributed by atoms with Gasteiger partial charge in [0, 0.05) is 19.2 Å². The summed E-state index contributed by atoms with van der Waals surface area (Å²) in [7, 11) is 1.63. The van der Waals surface area contributed by atoms with Crippen LogP contribution < -0.4 is 20.1 Å². The van der Waals surface area contributed by atoms with E-state index in [1.807, 2.05) is 44.2 Å². The molecule has 0 amide bonds. The zero-order chi connectivity index (χ0) is 20.4. The van der Waals surface area contributed by atoms with Gasteiger partial charge in [-0.15, -0.1) is 24.0 Å². The topological polar surface area (TPSA) is 88.3 Å². The van der Waals surface area contributed by atoms with Gasteiger partial charge >= 0.3 is 0 Å². The van der Waals surface area contributed by atoms with Crippen LogP contribution >= 0.6 is 24.0 Å². The number of ether oxygens (including phenoxy) is 2. The Labute approximate surface area is 189 Å². The van der Waals surface area contributed by atoms with Crippen LogP contribution in [0.4, 0.5) is 0 Å². The van der Waals surface area contributed by atoms with Crippen molar-refractivity contribution in [2.45, 2.75) is 32.8 Å². The summed E-state index contributed by atoms with van der Waals surface area (Å²) in [5.41, 5.74) is -1.16. The van der Waals surface area contributed by atoms with E-state index in [-0.39, 0.29) is 30.5 Å². The number of methoxy groups -OCH3 is 1. The number of aryl methyl sites for hydroxylation is 1. The SMILES string of the molecule is CCNC(=NCC(C)(O)c1ccc(C)o1)NCCCOc1cccc(OC)c1.I. The first-order valence-corrected chi connectivity index (χ1v) is 9.53. The quantitative estimate of drug-likeness (QED) is 0.194. The summed E-state index contributed by atoms with van der Waals surface area (Å²) in [6.07, 6.45) is 0.801. The number of nitrogens with zero attached hydrogens (tertiary/aromatic N) is 1. The van der Waals surface area contributed by atoms with Gasteiger partial charge in [-0.1, -0.05) is 6.07 Å². The predicted octanol–water partition coefficient (Wildman–Crippen LogP) is 3.45. The summed E-state index contributed by atoms with van der Waals surface area (Å²) in [4.78, 5) is 4.48. The fourth-order valence-corrected chi connectivity index (χ4v) is 2.54. The van der Waals surface area contributed by atoms with Crippen LogP contribution in [0.2, 0.25) is 0 Å². The first-order valence-electron chi connectivity index (χ1n) is 9.53. The van der Waals surface area contributed by atoms with Crippen molar-refractivity contribution >= 4 is 29.9 Å². The molecule has 29 heavy (non-hydrogen) atoms. The predicted molar refractivity (Wildman–Crippen MR) is 126 cm³/mol. The molecule has 8 heteroatoms. The Bertz CT molecular complexity index is 762. The van der Waals surface area contributed by atoms with Crippen molar-refractivity contribution in [3.8, 4) is 11.5 Å². The molecule has 0 aliphatic carbocycles. The van der Waals surface area contributed by atoms with Crippen LogP contribution in [0, 0.1) is 6.92 Å².